The van der Waals surface area contributed by atoms with E-state index in [9.17, 15) is 9.90 Å². The molecule has 33 heavy (non-hydrogen) atoms. The molecule has 0 aliphatic rings. The maximum Gasteiger partial charge on any atom is 0.135 e. The number of aromatic nitrogens is 2. The molecule has 0 aliphatic carbocycles. The van der Waals surface area contributed by atoms with Crippen LogP contribution in [0.1, 0.15) is 36.5 Å². The standard InChI is InChI=1S/C26H31N3O4/c1-5-6-13-29(15-20-7-12-23(18(2)14-20)33-16-24(30)31)26-19(3)25(27-17-28-26)21-8-10-22(32-4)11-9-21/h7-12,14,17H,5-6,13,15-16H2,1-4H3,(H,30,31)/p-1. The van der Waals surface area contributed by atoms with Crippen LogP contribution in [0.25, 0.3) is 11.3 Å². The number of hydrogen-bond acceptors (Lipinski definition) is 7. The van der Waals surface area contributed by atoms with E-state index in [-0.39, 0.29) is 0 Å². The van der Waals surface area contributed by atoms with Gasteiger partial charge in [0.15, 0.2) is 0 Å². The minimum absolute atomic E-state index is 0.461. The van der Waals surface area contributed by atoms with Crippen molar-refractivity contribution in [1.29, 1.82) is 0 Å². The van der Waals surface area contributed by atoms with E-state index in [1.807, 2.05) is 43.3 Å². The molecular formula is C26H30N3O4-. The van der Waals surface area contributed by atoms with Crippen LogP contribution in [0.3, 0.4) is 0 Å². The predicted octanol–water partition coefficient (Wildman–Crippen LogP) is 3.70. The van der Waals surface area contributed by atoms with E-state index in [4.69, 9.17) is 9.47 Å². The summed E-state index contributed by atoms with van der Waals surface area (Å²) in [6.07, 6.45) is 3.72. The first-order chi connectivity index (χ1) is 15.9. The van der Waals surface area contributed by atoms with Crippen LogP contribution in [-0.2, 0) is 11.3 Å². The van der Waals surface area contributed by atoms with Crippen molar-refractivity contribution < 1.29 is 19.4 Å². The zero-order valence-electron chi connectivity index (χ0n) is 19.6. The first-order valence-electron chi connectivity index (χ1n) is 11.1. The number of carbonyl (C=O) groups is 1. The highest BCUT2D eigenvalue weighted by atomic mass is 16.5. The number of benzene rings is 2. The molecule has 7 heteroatoms. The van der Waals surface area contributed by atoms with Gasteiger partial charge in [0.05, 0.1) is 18.8 Å². The monoisotopic (exact) mass is 448 g/mol. The lowest BCUT2D eigenvalue weighted by atomic mass is 10.1. The number of unbranched alkanes of at least 4 members (excludes halogenated alkanes) is 1. The number of rotatable bonds is 11. The lowest BCUT2D eigenvalue weighted by Gasteiger charge is -2.26. The first kappa shape index (κ1) is 24.0. The molecule has 1 heterocycles. The second kappa shape index (κ2) is 11.3. The summed E-state index contributed by atoms with van der Waals surface area (Å²) in [6, 6.07) is 13.6. The van der Waals surface area contributed by atoms with Gasteiger partial charge in [0.2, 0.25) is 0 Å². The van der Waals surface area contributed by atoms with Gasteiger partial charge in [0.25, 0.3) is 0 Å². The number of aliphatic carboxylic acids is 1. The SMILES string of the molecule is CCCCN(Cc1ccc(OCC(=O)[O-])c(C)c1)c1ncnc(-c2ccc(OC)cc2)c1C. The van der Waals surface area contributed by atoms with Gasteiger partial charge in [-0.05, 0) is 61.7 Å². The molecule has 1 aromatic heterocycles. The molecule has 0 bridgehead atoms. The van der Waals surface area contributed by atoms with E-state index in [0.717, 1.165) is 58.9 Å². The molecular weight excluding hydrogens is 418 g/mol. The van der Waals surface area contributed by atoms with Gasteiger partial charge in [0.1, 0.15) is 30.3 Å². The van der Waals surface area contributed by atoms with Crippen molar-refractivity contribution in [3.63, 3.8) is 0 Å². The Bertz CT molecular complexity index is 1080. The molecule has 3 aromatic rings. The molecule has 0 spiro atoms. The predicted molar refractivity (Wildman–Crippen MR) is 126 cm³/mol. The van der Waals surface area contributed by atoms with Crippen LogP contribution in [0.5, 0.6) is 11.5 Å². The van der Waals surface area contributed by atoms with E-state index in [1.54, 1.807) is 19.5 Å². The van der Waals surface area contributed by atoms with Gasteiger partial charge in [-0.1, -0.05) is 25.5 Å². The summed E-state index contributed by atoms with van der Waals surface area (Å²) >= 11 is 0. The zero-order valence-corrected chi connectivity index (χ0v) is 19.6. The summed E-state index contributed by atoms with van der Waals surface area (Å²) in [5.74, 6) is 1.01. The van der Waals surface area contributed by atoms with Gasteiger partial charge < -0.3 is 24.3 Å². The maximum absolute atomic E-state index is 10.7. The number of ether oxygens (including phenoxy) is 2. The van der Waals surface area contributed by atoms with Crippen LogP contribution >= 0.6 is 0 Å². The van der Waals surface area contributed by atoms with Gasteiger partial charge in [-0.3, -0.25) is 0 Å². The number of nitrogens with zero attached hydrogens (tertiary/aromatic N) is 3. The van der Waals surface area contributed by atoms with Crippen molar-refractivity contribution in [3.8, 4) is 22.8 Å². The molecule has 0 atom stereocenters. The van der Waals surface area contributed by atoms with E-state index in [2.05, 4.69) is 28.7 Å². The summed E-state index contributed by atoms with van der Waals surface area (Å²) in [5, 5.41) is 10.7. The molecule has 0 unspecified atom stereocenters. The Kier molecular flexibility index (Phi) is 8.24. The molecule has 174 valence electrons. The van der Waals surface area contributed by atoms with Crippen LogP contribution < -0.4 is 19.5 Å². The first-order valence-corrected chi connectivity index (χ1v) is 11.1. The zero-order chi connectivity index (χ0) is 23.8. The van der Waals surface area contributed by atoms with Crippen molar-refractivity contribution in [2.75, 3.05) is 25.2 Å². The Morgan fingerprint density at radius 2 is 1.85 bits per heavy atom. The Hall–Kier alpha value is -3.61. The number of carboxylic acids is 1. The fraction of sp³-hybridized carbons (Fsp3) is 0.346. The molecule has 0 saturated carbocycles. The lowest BCUT2D eigenvalue weighted by Crippen LogP contribution is -2.29. The molecule has 3 rings (SSSR count). The average molecular weight is 449 g/mol. The van der Waals surface area contributed by atoms with Crippen molar-refractivity contribution >= 4 is 11.8 Å². The van der Waals surface area contributed by atoms with E-state index in [0.29, 0.717) is 12.3 Å². The third-order valence-electron chi connectivity index (χ3n) is 5.46. The second-order valence-electron chi connectivity index (χ2n) is 7.94. The van der Waals surface area contributed by atoms with Crippen molar-refractivity contribution in [2.24, 2.45) is 0 Å². The van der Waals surface area contributed by atoms with Crippen LogP contribution in [0.15, 0.2) is 48.8 Å². The van der Waals surface area contributed by atoms with E-state index in [1.165, 1.54) is 0 Å². The third kappa shape index (κ3) is 6.22. The molecule has 0 saturated heterocycles. The average Bonchev–Trinajstić information content (AvgIpc) is 2.81. The Morgan fingerprint density at radius 1 is 1.09 bits per heavy atom. The van der Waals surface area contributed by atoms with Crippen LogP contribution in [0.2, 0.25) is 0 Å². The number of anilines is 1. The largest absolute Gasteiger partial charge is 0.546 e. The molecule has 0 N–H and O–H groups in total. The fourth-order valence-electron chi connectivity index (χ4n) is 3.74. The van der Waals surface area contributed by atoms with Gasteiger partial charge in [0, 0.05) is 24.2 Å². The van der Waals surface area contributed by atoms with E-state index >= 15 is 0 Å². The van der Waals surface area contributed by atoms with Crippen molar-refractivity contribution in [3.05, 3.63) is 65.5 Å². The number of carboxylic acid groups (broad SMARTS) is 1. The van der Waals surface area contributed by atoms with Crippen LogP contribution in [0.4, 0.5) is 5.82 Å². The van der Waals surface area contributed by atoms with Gasteiger partial charge in [-0.15, -0.1) is 0 Å². The summed E-state index contributed by atoms with van der Waals surface area (Å²) in [4.78, 5) is 22.1. The second-order valence-corrected chi connectivity index (χ2v) is 7.94. The highest BCUT2D eigenvalue weighted by molar-refractivity contribution is 5.69. The number of aryl methyl sites for hydroxylation is 1. The van der Waals surface area contributed by atoms with E-state index < -0.39 is 12.6 Å². The highest BCUT2D eigenvalue weighted by Gasteiger charge is 2.16. The van der Waals surface area contributed by atoms with Crippen molar-refractivity contribution in [1.82, 2.24) is 9.97 Å². The third-order valence-corrected chi connectivity index (χ3v) is 5.46. The Balaban J connectivity index is 1.88. The molecule has 7 nitrogen and oxygen atoms in total. The normalized spacial score (nSPS) is 10.7. The van der Waals surface area contributed by atoms with Gasteiger partial charge in [-0.25, -0.2) is 9.97 Å². The summed E-state index contributed by atoms with van der Waals surface area (Å²) in [7, 11) is 1.65. The smallest absolute Gasteiger partial charge is 0.135 e. The molecule has 0 fully saturated rings. The molecule has 2 aromatic carbocycles. The lowest BCUT2D eigenvalue weighted by molar-refractivity contribution is -0.307. The topological polar surface area (TPSA) is 87.6 Å². The molecule has 0 aliphatic heterocycles. The van der Waals surface area contributed by atoms with Gasteiger partial charge in [-0.2, -0.15) is 0 Å². The minimum atomic E-state index is -1.24. The highest BCUT2D eigenvalue weighted by Crippen LogP contribution is 2.30. The minimum Gasteiger partial charge on any atom is -0.546 e. The van der Waals surface area contributed by atoms with Gasteiger partial charge >= 0.3 is 0 Å². The molecule has 0 amide bonds. The Labute approximate surface area is 195 Å². The quantitative estimate of drug-likeness (QED) is 0.442. The summed E-state index contributed by atoms with van der Waals surface area (Å²) in [5.41, 5.74) is 4.89. The summed E-state index contributed by atoms with van der Waals surface area (Å²) in [6.45, 7) is 7.19. The van der Waals surface area contributed by atoms with Crippen LogP contribution in [-0.4, -0.2) is 36.2 Å². The number of hydrogen-bond donors (Lipinski definition) is 0. The molecule has 0 radical (unpaired) electrons. The Morgan fingerprint density at radius 3 is 2.48 bits per heavy atom. The van der Waals surface area contributed by atoms with Crippen molar-refractivity contribution in [2.45, 2.75) is 40.2 Å². The number of methoxy groups -OCH3 is 1. The summed E-state index contributed by atoms with van der Waals surface area (Å²) < 4.78 is 10.6. The van der Waals surface area contributed by atoms with Crippen LogP contribution in [0, 0.1) is 13.8 Å². The maximum atomic E-state index is 10.7. The fourth-order valence-corrected chi connectivity index (χ4v) is 3.74. The number of carbonyl (C=O) groups excluding carboxylic acids is 1.